The van der Waals surface area contributed by atoms with Crippen molar-refractivity contribution in [3.05, 3.63) is 78.4 Å². The van der Waals surface area contributed by atoms with Crippen molar-refractivity contribution in [2.45, 2.75) is 6.61 Å². The van der Waals surface area contributed by atoms with Crippen LogP contribution in [0.3, 0.4) is 0 Å². The predicted octanol–water partition coefficient (Wildman–Crippen LogP) is 4.10. The summed E-state index contributed by atoms with van der Waals surface area (Å²) in [7, 11) is 0. The molecule has 0 unspecified atom stereocenters. The van der Waals surface area contributed by atoms with Crippen molar-refractivity contribution in [2.75, 3.05) is 11.5 Å². The van der Waals surface area contributed by atoms with E-state index in [1.807, 2.05) is 48.5 Å². The Hall–Kier alpha value is -2.94. The zero-order valence-electron chi connectivity index (χ0n) is 12.2. The van der Waals surface area contributed by atoms with E-state index in [1.54, 1.807) is 0 Å². The van der Waals surface area contributed by atoms with Gasteiger partial charge in [-0.1, -0.05) is 36.4 Å². The van der Waals surface area contributed by atoms with Crippen LogP contribution in [0.25, 0.3) is 11.1 Å². The molecule has 0 spiro atoms. The smallest absolute Gasteiger partial charge is 0.119 e. The minimum absolute atomic E-state index is 0.534. The number of rotatable bonds is 4. The van der Waals surface area contributed by atoms with Gasteiger partial charge in [0, 0.05) is 11.4 Å². The summed E-state index contributed by atoms with van der Waals surface area (Å²) in [6.07, 6.45) is 0. The van der Waals surface area contributed by atoms with Crippen LogP contribution >= 0.6 is 0 Å². The molecule has 0 saturated carbocycles. The molecule has 3 nitrogen and oxygen atoms in total. The minimum atomic E-state index is 0.534. The van der Waals surface area contributed by atoms with E-state index in [9.17, 15) is 0 Å². The second kappa shape index (κ2) is 6.22. The molecule has 0 heterocycles. The first-order valence-corrected chi connectivity index (χ1v) is 7.14. The third kappa shape index (κ3) is 3.38. The molecular formula is C19H18N2O. The number of nitrogen functional groups attached to an aromatic ring is 2. The number of hydrogen-bond acceptors (Lipinski definition) is 3. The van der Waals surface area contributed by atoms with Crippen molar-refractivity contribution < 1.29 is 4.74 Å². The lowest BCUT2D eigenvalue weighted by atomic mass is 10.0. The van der Waals surface area contributed by atoms with Crippen molar-refractivity contribution in [1.82, 2.24) is 0 Å². The monoisotopic (exact) mass is 290 g/mol. The first-order valence-electron chi connectivity index (χ1n) is 7.14. The molecule has 3 rings (SSSR count). The lowest BCUT2D eigenvalue weighted by Gasteiger charge is -2.08. The highest BCUT2D eigenvalue weighted by Gasteiger charge is 2.00. The van der Waals surface area contributed by atoms with Gasteiger partial charge in [0.1, 0.15) is 12.4 Å². The molecular weight excluding hydrogens is 272 g/mol. The number of ether oxygens (including phenoxy) is 1. The Morgan fingerprint density at radius 3 is 1.59 bits per heavy atom. The van der Waals surface area contributed by atoms with Crippen LogP contribution in [-0.2, 0) is 6.61 Å². The van der Waals surface area contributed by atoms with Gasteiger partial charge in [0.15, 0.2) is 0 Å². The molecule has 0 fully saturated rings. The van der Waals surface area contributed by atoms with Crippen LogP contribution in [0, 0.1) is 0 Å². The van der Waals surface area contributed by atoms with Crippen molar-refractivity contribution in [3.63, 3.8) is 0 Å². The van der Waals surface area contributed by atoms with Crippen molar-refractivity contribution in [3.8, 4) is 16.9 Å². The summed E-state index contributed by atoms with van der Waals surface area (Å²) in [4.78, 5) is 0. The summed E-state index contributed by atoms with van der Waals surface area (Å²) in [6, 6.07) is 23.6. The number of hydrogen-bond donors (Lipinski definition) is 2. The summed E-state index contributed by atoms with van der Waals surface area (Å²) < 4.78 is 5.74. The molecule has 0 bridgehead atoms. The average Bonchev–Trinajstić information content (AvgIpc) is 2.56. The Morgan fingerprint density at radius 2 is 1.05 bits per heavy atom. The molecule has 0 aliphatic carbocycles. The van der Waals surface area contributed by atoms with Crippen LogP contribution in [0.4, 0.5) is 11.4 Å². The summed E-state index contributed by atoms with van der Waals surface area (Å²) in [6.45, 7) is 0.534. The van der Waals surface area contributed by atoms with Gasteiger partial charge >= 0.3 is 0 Å². The highest BCUT2D eigenvalue weighted by atomic mass is 16.5. The number of nitrogens with two attached hydrogens (primary N) is 2. The topological polar surface area (TPSA) is 61.3 Å². The second-order valence-electron chi connectivity index (χ2n) is 5.18. The highest BCUT2D eigenvalue weighted by molar-refractivity contribution is 5.65. The predicted molar refractivity (Wildman–Crippen MR) is 91.5 cm³/mol. The Kier molecular flexibility index (Phi) is 3.97. The number of anilines is 2. The van der Waals surface area contributed by atoms with Crippen LogP contribution in [0.2, 0.25) is 0 Å². The van der Waals surface area contributed by atoms with E-state index >= 15 is 0 Å². The largest absolute Gasteiger partial charge is 0.489 e. The Bertz CT molecular complexity index is 732. The third-order valence-electron chi connectivity index (χ3n) is 3.48. The molecule has 3 aromatic carbocycles. The Morgan fingerprint density at radius 1 is 0.591 bits per heavy atom. The van der Waals surface area contributed by atoms with Gasteiger partial charge in [-0.2, -0.15) is 0 Å². The van der Waals surface area contributed by atoms with Gasteiger partial charge in [-0.3, -0.25) is 0 Å². The van der Waals surface area contributed by atoms with Crippen molar-refractivity contribution >= 4 is 11.4 Å². The summed E-state index contributed by atoms with van der Waals surface area (Å²) in [5, 5.41) is 0. The van der Waals surface area contributed by atoms with Gasteiger partial charge < -0.3 is 16.2 Å². The molecule has 0 atom stereocenters. The molecule has 0 amide bonds. The standard InChI is InChI=1S/C19H18N2O/c20-17-7-5-16(6-8-17)15-3-1-14(2-4-15)13-22-19-11-9-18(21)10-12-19/h1-12H,13,20-21H2. The molecule has 3 aromatic rings. The van der Waals surface area contributed by atoms with Gasteiger partial charge in [-0.25, -0.2) is 0 Å². The summed E-state index contributed by atoms with van der Waals surface area (Å²) >= 11 is 0. The van der Waals surface area contributed by atoms with Gasteiger partial charge in [0.2, 0.25) is 0 Å². The van der Waals surface area contributed by atoms with Crippen LogP contribution in [0.5, 0.6) is 5.75 Å². The zero-order valence-corrected chi connectivity index (χ0v) is 12.2. The zero-order chi connectivity index (χ0) is 15.4. The van der Waals surface area contributed by atoms with E-state index in [0.29, 0.717) is 6.61 Å². The quantitative estimate of drug-likeness (QED) is 0.711. The van der Waals surface area contributed by atoms with E-state index in [2.05, 4.69) is 24.3 Å². The van der Waals surface area contributed by atoms with Crippen LogP contribution in [0.1, 0.15) is 5.56 Å². The fourth-order valence-electron chi connectivity index (χ4n) is 2.20. The average molecular weight is 290 g/mol. The van der Waals surface area contributed by atoms with Crippen LogP contribution < -0.4 is 16.2 Å². The molecule has 0 aliphatic rings. The van der Waals surface area contributed by atoms with Gasteiger partial charge in [0.25, 0.3) is 0 Å². The van der Waals surface area contributed by atoms with Crippen molar-refractivity contribution in [1.29, 1.82) is 0 Å². The van der Waals surface area contributed by atoms with Crippen molar-refractivity contribution in [2.24, 2.45) is 0 Å². The fraction of sp³-hybridized carbons (Fsp3) is 0.0526. The molecule has 0 aliphatic heterocycles. The van der Waals surface area contributed by atoms with E-state index < -0.39 is 0 Å². The number of benzene rings is 3. The van der Waals surface area contributed by atoms with Gasteiger partial charge in [0.05, 0.1) is 0 Å². The first-order chi connectivity index (χ1) is 10.7. The summed E-state index contributed by atoms with van der Waals surface area (Å²) in [5.41, 5.74) is 16.3. The second-order valence-corrected chi connectivity index (χ2v) is 5.18. The summed E-state index contributed by atoms with van der Waals surface area (Å²) in [5.74, 6) is 0.816. The van der Waals surface area contributed by atoms with E-state index in [-0.39, 0.29) is 0 Å². The third-order valence-corrected chi connectivity index (χ3v) is 3.48. The van der Waals surface area contributed by atoms with Gasteiger partial charge in [-0.05, 0) is 53.1 Å². The fourth-order valence-corrected chi connectivity index (χ4v) is 2.20. The molecule has 0 radical (unpaired) electrons. The minimum Gasteiger partial charge on any atom is -0.489 e. The SMILES string of the molecule is Nc1ccc(OCc2ccc(-c3ccc(N)cc3)cc2)cc1. The normalized spacial score (nSPS) is 10.4. The molecule has 0 saturated heterocycles. The molecule has 110 valence electrons. The molecule has 4 N–H and O–H groups in total. The lowest BCUT2D eigenvalue weighted by Crippen LogP contribution is -1.95. The van der Waals surface area contributed by atoms with E-state index in [0.717, 1.165) is 33.8 Å². The maximum Gasteiger partial charge on any atom is 0.119 e. The highest BCUT2D eigenvalue weighted by Crippen LogP contribution is 2.22. The van der Waals surface area contributed by atoms with Gasteiger partial charge in [-0.15, -0.1) is 0 Å². The Labute approximate surface area is 130 Å². The maximum absolute atomic E-state index is 5.74. The molecule has 0 aromatic heterocycles. The van der Waals surface area contributed by atoms with E-state index in [1.165, 1.54) is 0 Å². The lowest BCUT2D eigenvalue weighted by molar-refractivity contribution is 0.306. The maximum atomic E-state index is 5.74. The van der Waals surface area contributed by atoms with E-state index in [4.69, 9.17) is 16.2 Å². The Balaban J connectivity index is 1.66. The van der Waals surface area contributed by atoms with Crippen LogP contribution in [-0.4, -0.2) is 0 Å². The molecule has 3 heteroatoms. The van der Waals surface area contributed by atoms with Crippen LogP contribution in [0.15, 0.2) is 72.8 Å². The first kappa shape index (κ1) is 14.0. The molecule has 22 heavy (non-hydrogen) atoms.